The number of methoxy groups -OCH3 is 1. The van der Waals surface area contributed by atoms with Gasteiger partial charge in [0.2, 0.25) is 0 Å². The molecule has 0 heterocycles. The molecule has 2 heteroatoms. The molecule has 1 fully saturated rings. The highest BCUT2D eigenvalue weighted by molar-refractivity contribution is 5.39. The van der Waals surface area contributed by atoms with E-state index in [2.05, 4.69) is 44.3 Å². The molecule has 0 aromatic heterocycles. The summed E-state index contributed by atoms with van der Waals surface area (Å²) in [5, 5.41) is 3.68. The average molecular weight is 273 g/mol. The number of benzene rings is 1. The van der Waals surface area contributed by atoms with Crippen LogP contribution in [0.5, 0.6) is 5.75 Å². The molecule has 1 N–H and O–H groups in total. The standard InChI is InChI=1S/C18H27NO/c1-17(2,3)19-12-15-11-18(15)8-7-13-5-6-16(20-4)9-14(13)10-18/h5-6,9,15,19H,7-8,10-12H2,1-4H3. The maximum absolute atomic E-state index is 5.38. The molecule has 110 valence electrons. The van der Waals surface area contributed by atoms with Crippen LogP contribution in [0.2, 0.25) is 0 Å². The first-order chi connectivity index (χ1) is 9.42. The zero-order chi connectivity index (χ0) is 14.4. The first-order valence-electron chi connectivity index (χ1n) is 7.83. The molecule has 2 aliphatic rings. The Morgan fingerprint density at radius 2 is 2.10 bits per heavy atom. The predicted octanol–water partition coefficient (Wildman–Crippen LogP) is 3.58. The van der Waals surface area contributed by atoms with Crippen LogP contribution in [-0.4, -0.2) is 19.2 Å². The van der Waals surface area contributed by atoms with Gasteiger partial charge < -0.3 is 10.1 Å². The van der Waals surface area contributed by atoms with Crippen molar-refractivity contribution in [3.05, 3.63) is 29.3 Å². The Labute approximate surface area is 122 Å². The van der Waals surface area contributed by atoms with Crippen molar-refractivity contribution in [3.8, 4) is 5.75 Å². The quantitative estimate of drug-likeness (QED) is 0.909. The summed E-state index contributed by atoms with van der Waals surface area (Å²) in [6.45, 7) is 7.93. The van der Waals surface area contributed by atoms with Gasteiger partial charge in [-0.1, -0.05) is 6.07 Å². The topological polar surface area (TPSA) is 21.3 Å². The summed E-state index contributed by atoms with van der Waals surface area (Å²) in [6.07, 6.45) is 5.25. The van der Waals surface area contributed by atoms with E-state index in [1.54, 1.807) is 7.11 Å². The van der Waals surface area contributed by atoms with Crippen molar-refractivity contribution in [2.24, 2.45) is 11.3 Å². The molecule has 2 aliphatic carbocycles. The molecule has 1 spiro atoms. The summed E-state index contributed by atoms with van der Waals surface area (Å²) in [4.78, 5) is 0. The van der Waals surface area contributed by atoms with Gasteiger partial charge in [0.25, 0.3) is 0 Å². The highest BCUT2D eigenvalue weighted by atomic mass is 16.5. The van der Waals surface area contributed by atoms with Crippen molar-refractivity contribution in [3.63, 3.8) is 0 Å². The van der Waals surface area contributed by atoms with Crippen LogP contribution in [0.25, 0.3) is 0 Å². The Hall–Kier alpha value is -1.02. The van der Waals surface area contributed by atoms with Gasteiger partial charge in [0.1, 0.15) is 5.75 Å². The van der Waals surface area contributed by atoms with Crippen molar-refractivity contribution in [1.82, 2.24) is 5.32 Å². The van der Waals surface area contributed by atoms with Crippen molar-refractivity contribution in [2.45, 2.75) is 52.0 Å². The Bertz CT molecular complexity index is 503. The number of nitrogens with one attached hydrogen (secondary N) is 1. The molecule has 0 bridgehead atoms. The van der Waals surface area contributed by atoms with Gasteiger partial charge in [-0.15, -0.1) is 0 Å². The molecule has 3 rings (SSSR count). The van der Waals surface area contributed by atoms with Crippen LogP contribution in [-0.2, 0) is 12.8 Å². The lowest BCUT2D eigenvalue weighted by molar-refractivity contribution is 0.350. The fraction of sp³-hybridized carbons (Fsp3) is 0.667. The van der Waals surface area contributed by atoms with E-state index in [0.29, 0.717) is 5.41 Å². The van der Waals surface area contributed by atoms with Gasteiger partial charge in [-0.05, 0) is 87.6 Å². The van der Waals surface area contributed by atoms with Crippen LogP contribution in [0.15, 0.2) is 18.2 Å². The Kier molecular flexibility index (Phi) is 3.32. The van der Waals surface area contributed by atoms with Gasteiger partial charge in [0.15, 0.2) is 0 Å². The number of fused-ring (bicyclic) bond motifs is 1. The zero-order valence-corrected chi connectivity index (χ0v) is 13.3. The number of rotatable bonds is 3. The van der Waals surface area contributed by atoms with Crippen LogP contribution >= 0.6 is 0 Å². The maximum Gasteiger partial charge on any atom is 0.119 e. The van der Waals surface area contributed by atoms with Gasteiger partial charge in [0.05, 0.1) is 7.11 Å². The lowest BCUT2D eigenvalue weighted by Gasteiger charge is -2.27. The van der Waals surface area contributed by atoms with E-state index in [1.807, 2.05) is 0 Å². The Morgan fingerprint density at radius 1 is 1.30 bits per heavy atom. The molecule has 1 aromatic carbocycles. The van der Waals surface area contributed by atoms with E-state index in [-0.39, 0.29) is 5.54 Å². The van der Waals surface area contributed by atoms with Crippen LogP contribution in [0, 0.1) is 11.3 Å². The minimum Gasteiger partial charge on any atom is -0.497 e. The number of ether oxygens (including phenoxy) is 1. The Balaban J connectivity index is 1.67. The minimum atomic E-state index is 0.236. The summed E-state index contributed by atoms with van der Waals surface area (Å²) in [5.41, 5.74) is 3.87. The normalized spacial score (nSPS) is 28.3. The monoisotopic (exact) mass is 273 g/mol. The second-order valence-electron chi connectivity index (χ2n) is 7.71. The largest absolute Gasteiger partial charge is 0.497 e. The van der Waals surface area contributed by atoms with Gasteiger partial charge >= 0.3 is 0 Å². The molecule has 1 aromatic rings. The Morgan fingerprint density at radius 3 is 2.80 bits per heavy atom. The van der Waals surface area contributed by atoms with Crippen LogP contribution < -0.4 is 10.1 Å². The third-order valence-corrected chi connectivity index (χ3v) is 5.09. The van der Waals surface area contributed by atoms with E-state index >= 15 is 0 Å². The molecular weight excluding hydrogens is 246 g/mol. The van der Waals surface area contributed by atoms with Crippen LogP contribution in [0.1, 0.15) is 44.7 Å². The molecule has 0 radical (unpaired) electrons. The van der Waals surface area contributed by atoms with E-state index in [1.165, 1.54) is 43.4 Å². The summed E-state index contributed by atoms with van der Waals surface area (Å²) in [5.74, 6) is 1.87. The molecule has 2 atom stereocenters. The van der Waals surface area contributed by atoms with Crippen molar-refractivity contribution < 1.29 is 4.74 Å². The zero-order valence-electron chi connectivity index (χ0n) is 13.3. The molecule has 20 heavy (non-hydrogen) atoms. The maximum atomic E-state index is 5.38. The first-order valence-corrected chi connectivity index (χ1v) is 7.83. The van der Waals surface area contributed by atoms with E-state index in [9.17, 15) is 0 Å². The van der Waals surface area contributed by atoms with Gasteiger partial charge in [-0.25, -0.2) is 0 Å². The summed E-state index contributed by atoms with van der Waals surface area (Å²) >= 11 is 0. The first kappa shape index (κ1) is 13.9. The summed E-state index contributed by atoms with van der Waals surface area (Å²) in [6, 6.07) is 6.61. The number of aryl methyl sites for hydroxylation is 1. The smallest absolute Gasteiger partial charge is 0.119 e. The van der Waals surface area contributed by atoms with E-state index in [4.69, 9.17) is 4.74 Å². The van der Waals surface area contributed by atoms with E-state index in [0.717, 1.165) is 11.7 Å². The molecule has 0 aliphatic heterocycles. The molecule has 2 unspecified atom stereocenters. The molecular formula is C18H27NO. The molecule has 1 saturated carbocycles. The molecule has 2 nitrogen and oxygen atoms in total. The van der Waals surface area contributed by atoms with Gasteiger partial charge in [0, 0.05) is 5.54 Å². The van der Waals surface area contributed by atoms with Gasteiger partial charge in [-0.3, -0.25) is 0 Å². The highest BCUT2D eigenvalue weighted by Crippen LogP contribution is 2.59. The second-order valence-corrected chi connectivity index (χ2v) is 7.71. The second kappa shape index (κ2) is 4.77. The van der Waals surface area contributed by atoms with Gasteiger partial charge in [-0.2, -0.15) is 0 Å². The fourth-order valence-electron chi connectivity index (χ4n) is 3.66. The number of hydrogen-bond donors (Lipinski definition) is 1. The lowest BCUT2D eigenvalue weighted by Crippen LogP contribution is -2.38. The number of hydrogen-bond acceptors (Lipinski definition) is 2. The van der Waals surface area contributed by atoms with Crippen LogP contribution in [0.4, 0.5) is 0 Å². The highest BCUT2D eigenvalue weighted by Gasteiger charge is 2.54. The lowest BCUT2D eigenvalue weighted by atomic mass is 9.80. The van der Waals surface area contributed by atoms with Crippen molar-refractivity contribution >= 4 is 0 Å². The van der Waals surface area contributed by atoms with Crippen LogP contribution in [0.3, 0.4) is 0 Å². The predicted molar refractivity (Wildman–Crippen MR) is 83.3 cm³/mol. The minimum absolute atomic E-state index is 0.236. The van der Waals surface area contributed by atoms with Crippen molar-refractivity contribution in [2.75, 3.05) is 13.7 Å². The van der Waals surface area contributed by atoms with Crippen molar-refractivity contribution in [1.29, 1.82) is 0 Å². The molecule has 0 saturated heterocycles. The molecule has 0 amide bonds. The SMILES string of the molecule is COc1ccc2c(c1)CC1(CC2)CC1CNC(C)(C)C. The average Bonchev–Trinajstić information content (AvgIpc) is 3.07. The fourth-order valence-corrected chi connectivity index (χ4v) is 3.66. The summed E-state index contributed by atoms with van der Waals surface area (Å²) in [7, 11) is 1.76. The third-order valence-electron chi connectivity index (χ3n) is 5.09. The summed E-state index contributed by atoms with van der Waals surface area (Å²) < 4.78 is 5.38. The third kappa shape index (κ3) is 2.71. The van der Waals surface area contributed by atoms with E-state index < -0.39 is 0 Å².